The molecule has 0 atom stereocenters. The molecule has 0 N–H and O–H groups in total. The lowest BCUT2D eigenvalue weighted by Gasteiger charge is -2.08. The smallest absolute Gasteiger partial charge is 0.258 e. The van der Waals surface area contributed by atoms with Gasteiger partial charge in [-0.25, -0.2) is 8.78 Å². The maximum absolute atomic E-state index is 12.5. The molecule has 1 aromatic rings. The normalized spacial score (nSPS) is 10.9. The number of rotatable bonds is 2. The fourth-order valence-corrected chi connectivity index (χ4v) is 2.50. The molecule has 1 rings (SSSR count). The molecule has 0 amide bonds. The molecule has 0 aromatic carbocycles. The molecule has 1 heterocycles. The topological polar surface area (TPSA) is 12.9 Å². The van der Waals surface area contributed by atoms with Gasteiger partial charge in [-0.3, -0.25) is 4.98 Å². The van der Waals surface area contributed by atoms with E-state index in [0.29, 0.717) is 14.6 Å². The Hall–Kier alpha value is 0.510. The third-order valence-electron chi connectivity index (χ3n) is 1.43. The number of halogens is 5. The summed E-state index contributed by atoms with van der Waals surface area (Å²) in [4.78, 5) is 3.92. The largest absolute Gasteiger partial charge is 0.266 e. The molecule has 6 heteroatoms. The Kier molecular flexibility index (Phi) is 4.31. The van der Waals surface area contributed by atoms with Crippen molar-refractivity contribution in [3.63, 3.8) is 0 Å². The summed E-state index contributed by atoms with van der Waals surface area (Å²) in [7, 11) is 0. The second-order valence-corrected chi connectivity index (χ2v) is 4.32. The summed E-state index contributed by atoms with van der Waals surface area (Å²) in [5.41, 5.74) is 0.309. The van der Waals surface area contributed by atoms with E-state index in [9.17, 15) is 8.78 Å². The molecule has 0 aliphatic heterocycles. The molecule has 0 aliphatic carbocycles. The summed E-state index contributed by atoms with van der Waals surface area (Å²) in [5, 5.41) is 0.432. The minimum atomic E-state index is -2.56. The second-order valence-electron chi connectivity index (χ2n) is 2.21. The Morgan fingerprint density at radius 1 is 1.62 bits per heavy atom. The fourth-order valence-electron chi connectivity index (χ4n) is 0.814. The zero-order valence-electron chi connectivity index (χ0n) is 6.20. The van der Waals surface area contributed by atoms with Crippen LogP contribution in [0.4, 0.5) is 8.78 Å². The van der Waals surface area contributed by atoms with E-state index >= 15 is 0 Å². The van der Waals surface area contributed by atoms with E-state index in [1.807, 2.05) is 0 Å². The molecular formula is C7H4BrClF2IN. The lowest BCUT2D eigenvalue weighted by Crippen LogP contribution is -1.97. The highest BCUT2D eigenvalue weighted by molar-refractivity contribution is 14.1. The molecule has 0 unspecified atom stereocenters. The number of hydrogen-bond acceptors (Lipinski definition) is 1. The first kappa shape index (κ1) is 11.6. The minimum absolute atomic E-state index is 0.0544. The summed E-state index contributed by atoms with van der Waals surface area (Å²) in [5.74, 6) is 0. The lowest BCUT2D eigenvalue weighted by atomic mass is 10.2. The molecule has 13 heavy (non-hydrogen) atoms. The van der Waals surface area contributed by atoms with Crippen LogP contribution in [0, 0.1) is 3.57 Å². The quantitative estimate of drug-likeness (QED) is 0.553. The number of nitrogens with zero attached hydrogens (tertiary/aromatic N) is 1. The summed E-state index contributed by atoms with van der Waals surface area (Å²) in [6.45, 7) is 0. The van der Waals surface area contributed by atoms with Gasteiger partial charge in [0.1, 0.15) is 0 Å². The van der Waals surface area contributed by atoms with Crippen LogP contribution in [0.3, 0.4) is 0 Å². The molecule has 0 spiro atoms. The van der Waals surface area contributed by atoms with Crippen molar-refractivity contribution in [3.8, 4) is 0 Å². The number of alkyl halides is 3. The molecular weight excluding hydrogens is 378 g/mol. The Bertz CT molecular complexity index is 322. The zero-order valence-corrected chi connectivity index (χ0v) is 10.7. The van der Waals surface area contributed by atoms with Gasteiger partial charge in [-0.15, -0.1) is 0 Å². The summed E-state index contributed by atoms with van der Waals surface area (Å²) < 4.78 is 25.3. The molecule has 1 aromatic heterocycles. The average molecular weight is 382 g/mol. The molecule has 0 saturated carbocycles. The monoisotopic (exact) mass is 381 g/mol. The van der Waals surface area contributed by atoms with Crippen molar-refractivity contribution in [2.24, 2.45) is 0 Å². The van der Waals surface area contributed by atoms with Crippen molar-refractivity contribution in [2.45, 2.75) is 11.8 Å². The summed E-state index contributed by atoms with van der Waals surface area (Å²) in [6, 6.07) is 0. The molecule has 0 radical (unpaired) electrons. The van der Waals surface area contributed by atoms with Crippen LogP contribution < -0.4 is 0 Å². The standard InChI is InChI=1S/C7H4BrClF2IN/c8-1-4-6(9)5(7(10)11)3(12)2-13-4/h2,7H,1H2. The number of hydrogen-bond donors (Lipinski definition) is 0. The number of aromatic nitrogens is 1. The SMILES string of the molecule is FC(F)c1c(I)cnc(CBr)c1Cl. The molecule has 72 valence electrons. The third kappa shape index (κ3) is 2.50. The Morgan fingerprint density at radius 3 is 2.69 bits per heavy atom. The maximum Gasteiger partial charge on any atom is 0.266 e. The van der Waals surface area contributed by atoms with Gasteiger partial charge in [0.15, 0.2) is 0 Å². The molecule has 0 aliphatic rings. The van der Waals surface area contributed by atoms with Crippen molar-refractivity contribution in [1.82, 2.24) is 4.98 Å². The van der Waals surface area contributed by atoms with Crippen molar-refractivity contribution in [1.29, 1.82) is 0 Å². The van der Waals surface area contributed by atoms with Gasteiger partial charge in [0.2, 0.25) is 0 Å². The molecule has 0 fully saturated rings. The summed E-state index contributed by atoms with van der Waals surface area (Å²) in [6.07, 6.45) is -1.16. The maximum atomic E-state index is 12.5. The predicted molar refractivity (Wildman–Crippen MR) is 59.6 cm³/mol. The molecule has 1 nitrogen and oxygen atoms in total. The van der Waals surface area contributed by atoms with E-state index in [-0.39, 0.29) is 10.6 Å². The van der Waals surface area contributed by atoms with Gasteiger partial charge in [-0.1, -0.05) is 27.5 Å². The molecule has 0 saturated heterocycles. The average Bonchev–Trinajstić information content (AvgIpc) is 2.04. The van der Waals surface area contributed by atoms with Crippen LogP contribution in [0.15, 0.2) is 6.20 Å². The number of pyridine rings is 1. The van der Waals surface area contributed by atoms with E-state index in [4.69, 9.17) is 11.6 Å². The van der Waals surface area contributed by atoms with Crippen molar-refractivity contribution >= 4 is 50.1 Å². The van der Waals surface area contributed by atoms with Gasteiger partial charge < -0.3 is 0 Å². The fraction of sp³-hybridized carbons (Fsp3) is 0.286. The Balaban J connectivity index is 3.30. The van der Waals surface area contributed by atoms with Crippen molar-refractivity contribution in [2.75, 3.05) is 0 Å². The van der Waals surface area contributed by atoms with Gasteiger partial charge in [0.05, 0.1) is 16.3 Å². The summed E-state index contributed by atoms with van der Waals surface area (Å²) >= 11 is 10.6. The van der Waals surface area contributed by atoms with Crippen molar-refractivity contribution in [3.05, 3.63) is 26.0 Å². The van der Waals surface area contributed by atoms with Crippen LogP contribution in [0.1, 0.15) is 17.7 Å². The van der Waals surface area contributed by atoms with Crippen LogP contribution in [-0.4, -0.2) is 4.98 Å². The van der Waals surface area contributed by atoms with Gasteiger partial charge in [-0.2, -0.15) is 0 Å². The second kappa shape index (κ2) is 4.84. The van der Waals surface area contributed by atoms with Crippen molar-refractivity contribution < 1.29 is 8.78 Å². The van der Waals surface area contributed by atoms with E-state index < -0.39 is 6.43 Å². The van der Waals surface area contributed by atoms with Gasteiger partial charge in [0, 0.05) is 15.1 Å². The van der Waals surface area contributed by atoms with E-state index in [2.05, 4.69) is 20.9 Å². The lowest BCUT2D eigenvalue weighted by molar-refractivity contribution is 0.150. The minimum Gasteiger partial charge on any atom is -0.258 e. The van der Waals surface area contributed by atoms with Crippen LogP contribution >= 0.6 is 50.1 Å². The van der Waals surface area contributed by atoms with Crippen LogP contribution in [-0.2, 0) is 5.33 Å². The first-order valence-electron chi connectivity index (χ1n) is 3.24. The van der Waals surface area contributed by atoms with E-state index in [1.165, 1.54) is 6.20 Å². The first-order valence-corrected chi connectivity index (χ1v) is 5.82. The molecule has 0 bridgehead atoms. The zero-order chi connectivity index (χ0) is 10.0. The van der Waals surface area contributed by atoms with Gasteiger partial charge >= 0.3 is 0 Å². The highest BCUT2D eigenvalue weighted by atomic mass is 127. The van der Waals surface area contributed by atoms with Gasteiger partial charge in [-0.05, 0) is 22.6 Å². The highest BCUT2D eigenvalue weighted by Crippen LogP contribution is 2.33. The predicted octanol–water partition coefficient (Wildman–Crippen LogP) is 4.17. The van der Waals surface area contributed by atoms with Gasteiger partial charge in [0.25, 0.3) is 6.43 Å². The van der Waals surface area contributed by atoms with Crippen LogP contribution in [0.5, 0.6) is 0 Å². The van der Waals surface area contributed by atoms with Crippen LogP contribution in [0.25, 0.3) is 0 Å². The first-order chi connectivity index (χ1) is 6.07. The van der Waals surface area contributed by atoms with Crippen LogP contribution in [0.2, 0.25) is 5.02 Å². The highest BCUT2D eigenvalue weighted by Gasteiger charge is 2.18. The third-order valence-corrected chi connectivity index (χ3v) is 3.24. The van der Waals surface area contributed by atoms with E-state index in [1.54, 1.807) is 22.6 Å². The van der Waals surface area contributed by atoms with E-state index in [0.717, 1.165) is 0 Å². The Labute approximate surface area is 101 Å². The Morgan fingerprint density at radius 2 is 2.23 bits per heavy atom.